The van der Waals surface area contributed by atoms with Crippen molar-refractivity contribution in [2.45, 2.75) is 6.92 Å². The number of thiocarbonyl (C=S) groups is 1. The number of hydrogen-bond acceptors (Lipinski definition) is 2. The van der Waals surface area contributed by atoms with Crippen molar-refractivity contribution in [3.05, 3.63) is 47.9 Å². The maximum atomic E-state index is 5.63. The number of nitrogens with zero attached hydrogens (tertiary/aromatic N) is 2. The van der Waals surface area contributed by atoms with Crippen molar-refractivity contribution in [3.63, 3.8) is 0 Å². The first-order chi connectivity index (χ1) is 7.20. The molecule has 0 atom stereocenters. The molecule has 2 N–H and O–H groups in total. The average Bonchev–Trinajstić information content (AvgIpc) is 2.67. The SMILES string of the molecule is Cc1cccnc1-n1cccc1C(N)=S. The summed E-state index contributed by atoms with van der Waals surface area (Å²) in [6.45, 7) is 2.01. The molecule has 0 aromatic carbocycles. The van der Waals surface area contributed by atoms with Crippen molar-refractivity contribution >= 4 is 17.2 Å². The third-order valence-corrected chi connectivity index (χ3v) is 2.42. The summed E-state index contributed by atoms with van der Waals surface area (Å²) in [6, 6.07) is 7.70. The van der Waals surface area contributed by atoms with Crippen molar-refractivity contribution in [1.29, 1.82) is 0 Å². The second-order valence-electron chi connectivity index (χ2n) is 3.27. The maximum Gasteiger partial charge on any atom is 0.140 e. The first-order valence-electron chi connectivity index (χ1n) is 4.59. The van der Waals surface area contributed by atoms with Crippen LogP contribution in [-0.4, -0.2) is 14.5 Å². The molecule has 3 nitrogen and oxygen atoms in total. The molecule has 76 valence electrons. The van der Waals surface area contributed by atoms with E-state index in [1.54, 1.807) is 6.20 Å². The van der Waals surface area contributed by atoms with Crippen LogP contribution >= 0.6 is 12.2 Å². The van der Waals surface area contributed by atoms with E-state index in [4.69, 9.17) is 18.0 Å². The smallest absolute Gasteiger partial charge is 0.140 e. The van der Waals surface area contributed by atoms with E-state index in [0.29, 0.717) is 4.99 Å². The first-order valence-corrected chi connectivity index (χ1v) is 5.00. The minimum Gasteiger partial charge on any atom is -0.388 e. The Balaban J connectivity index is 2.59. The number of aromatic nitrogens is 2. The first kappa shape index (κ1) is 9.86. The number of pyridine rings is 1. The van der Waals surface area contributed by atoms with Gasteiger partial charge in [-0.3, -0.25) is 4.57 Å². The van der Waals surface area contributed by atoms with Crippen LogP contribution in [0.3, 0.4) is 0 Å². The second kappa shape index (κ2) is 3.82. The highest BCUT2D eigenvalue weighted by Gasteiger charge is 2.07. The third kappa shape index (κ3) is 1.76. The molecule has 0 spiro atoms. The third-order valence-electron chi connectivity index (χ3n) is 2.21. The predicted octanol–water partition coefficient (Wildman–Crippen LogP) is 1.81. The molecule has 0 fully saturated rings. The van der Waals surface area contributed by atoms with E-state index in [1.165, 1.54) is 0 Å². The average molecular weight is 217 g/mol. The summed E-state index contributed by atoms with van der Waals surface area (Å²) in [7, 11) is 0. The van der Waals surface area contributed by atoms with E-state index in [1.807, 2.05) is 42.0 Å². The van der Waals surface area contributed by atoms with E-state index < -0.39 is 0 Å². The van der Waals surface area contributed by atoms with Gasteiger partial charge in [0.15, 0.2) is 0 Å². The van der Waals surface area contributed by atoms with Crippen LogP contribution in [0.1, 0.15) is 11.3 Å². The lowest BCUT2D eigenvalue weighted by Gasteiger charge is -2.09. The van der Waals surface area contributed by atoms with Crippen LogP contribution in [0, 0.1) is 6.92 Å². The summed E-state index contributed by atoms with van der Waals surface area (Å²) in [5.41, 5.74) is 7.53. The van der Waals surface area contributed by atoms with Crippen molar-refractivity contribution in [3.8, 4) is 5.82 Å². The minimum absolute atomic E-state index is 0.380. The molecule has 15 heavy (non-hydrogen) atoms. The van der Waals surface area contributed by atoms with Gasteiger partial charge in [-0.05, 0) is 30.7 Å². The summed E-state index contributed by atoms with van der Waals surface area (Å²) in [4.78, 5) is 4.69. The van der Waals surface area contributed by atoms with E-state index in [9.17, 15) is 0 Å². The van der Waals surface area contributed by atoms with Gasteiger partial charge in [0.25, 0.3) is 0 Å². The molecule has 2 aromatic rings. The molecule has 0 aliphatic heterocycles. The highest BCUT2D eigenvalue weighted by molar-refractivity contribution is 7.80. The van der Waals surface area contributed by atoms with E-state index >= 15 is 0 Å². The van der Waals surface area contributed by atoms with E-state index in [-0.39, 0.29) is 0 Å². The topological polar surface area (TPSA) is 43.8 Å². The van der Waals surface area contributed by atoms with Gasteiger partial charge in [-0.25, -0.2) is 4.98 Å². The van der Waals surface area contributed by atoms with Gasteiger partial charge in [0.1, 0.15) is 10.8 Å². The van der Waals surface area contributed by atoms with Gasteiger partial charge in [-0.2, -0.15) is 0 Å². The fraction of sp³-hybridized carbons (Fsp3) is 0.0909. The van der Waals surface area contributed by atoms with Crippen LogP contribution in [-0.2, 0) is 0 Å². The Hall–Kier alpha value is -1.68. The Morgan fingerprint density at radius 2 is 2.20 bits per heavy atom. The van der Waals surface area contributed by atoms with Crippen LogP contribution in [0.15, 0.2) is 36.7 Å². The zero-order valence-electron chi connectivity index (χ0n) is 8.34. The molecule has 0 bridgehead atoms. The molecule has 0 unspecified atom stereocenters. The summed E-state index contributed by atoms with van der Waals surface area (Å²) >= 11 is 4.98. The Bertz CT molecular complexity index is 502. The van der Waals surface area contributed by atoms with Crippen LogP contribution in [0.4, 0.5) is 0 Å². The Kier molecular flexibility index (Phi) is 2.51. The summed E-state index contributed by atoms with van der Waals surface area (Å²) in [5, 5.41) is 0. The molecule has 0 saturated heterocycles. The molecule has 0 radical (unpaired) electrons. The fourth-order valence-corrected chi connectivity index (χ4v) is 1.66. The summed E-state index contributed by atoms with van der Waals surface area (Å²) in [5.74, 6) is 0.866. The van der Waals surface area contributed by atoms with Crippen molar-refractivity contribution in [2.24, 2.45) is 5.73 Å². The predicted molar refractivity (Wildman–Crippen MR) is 64.2 cm³/mol. The maximum absolute atomic E-state index is 5.63. The van der Waals surface area contributed by atoms with Gasteiger partial charge in [0.05, 0.1) is 5.69 Å². The lowest BCUT2D eigenvalue weighted by molar-refractivity contribution is 0.978. The van der Waals surface area contributed by atoms with Gasteiger partial charge >= 0.3 is 0 Å². The van der Waals surface area contributed by atoms with Gasteiger partial charge in [0.2, 0.25) is 0 Å². The van der Waals surface area contributed by atoms with Gasteiger partial charge in [0, 0.05) is 12.4 Å². The normalized spacial score (nSPS) is 10.2. The molecule has 2 rings (SSSR count). The van der Waals surface area contributed by atoms with Crippen molar-refractivity contribution in [2.75, 3.05) is 0 Å². The summed E-state index contributed by atoms with van der Waals surface area (Å²) in [6.07, 6.45) is 3.66. The van der Waals surface area contributed by atoms with Crippen LogP contribution in [0.25, 0.3) is 5.82 Å². The molecule has 0 aliphatic rings. The zero-order chi connectivity index (χ0) is 10.8. The zero-order valence-corrected chi connectivity index (χ0v) is 9.16. The number of rotatable bonds is 2. The number of hydrogen-bond donors (Lipinski definition) is 1. The molecule has 0 saturated carbocycles. The number of nitrogens with two attached hydrogens (primary N) is 1. The van der Waals surface area contributed by atoms with Gasteiger partial charge in [-0.15, -0.1) is 0 Å². The fourth-order valence-electron chi connectivity index (χ4n) is 1.50. The van der Waals surface area contributed by atoms with Crippen LogP contribution in [0.5, 0.6) is 0 Å². The molecule has 4 heteroatoms. The monoisotopic (exact) mass is 217 g/mol. The largest absolute Gasteiger partial charge is 0.388 e. The van der Waals surface area contributed by atoms with E-state index in [0.717, 1.165) is 17.1 Å². The Morgan fingerprint density at radius 1 is 1.40 bits per heavy atom. The standard InChI is InChI=1S/C11H11N3S/c1-8-4-2-6-13-11(8)14-7-3-5-9(14)10(12)15/h2-7H,1H3,(H2,12,15). The molecule has 0 amide bonds. The molecular weight excluding hydrogens is 206 g/mol. The van der Waals surface area contributed by atoms with Gasteiger partial charge < -0.3 is 5.73 Å². The molecule has 2 aromatic heterocycles. The second-order valence-corrected chi connectivity index (χ2v) is 3.71. The minimum atomic E-state index is 0.380. The molecule has 2 heterocycles. The van der Waals surface area contributed by atoms with Crippen LogP contribution < -0.4 is 5.73 Å². The quantitative estimate of drug-likeness (QED) is 0.780. The lowest BCUT2D eigenvalue weighted by Crippen LogP contribution is -2.15. The summed E-state index contributed by atoms with van der Waals surface area (Å²) < 4.78 is 1.90. The van der Waals surface area contributed by atoms with Gasteiger partial charge in [-0.1, -0.05) is 18.3 Å². The Morgan fingerprint density at radius 3 is 2.87 bits per heavy atom. The lowest BCUT2D eigenvalue weighted by atomic mass is 10.3. The molecule has 0 aliphatic carbocycles. The van der Waals surface area contributed by atoms with Crippen molar-refractivity contribution < 1.29 is 0 Å². The van der Waals surface area contributed by atoms with Crippen LogP contribution in [0.2, 0.25) is 0 Å². The Labute approximate surface area is 93.6 Å². The highest BCUT2D eigenvalue weighted by Crippen LogP contribution is 2.13. The highest BCUT2D eigenvalue weighted by atomic mass is 32.1. The van der Waals surface area contributed by atoms with Crippen molar-refractivity contribution in [1.82, 2.24) is 9.55 Å². The van der Waals surface area contributed by atoms with E-state index in [2.05, 4.69) is 4.98 Å². The number of aryl methyl sites for hydroxylation is 1. The molecular formula is C11H11N3S.